The van der Waals surface area contributed by atoms with Crippen LogP contribution in [0.3, 0.4) is 0 Å². The highest BCUT2D eigenvalue weighted by Crippen LogP contribution is 2.28. The van der Waals surface area contributed by atoms with Crippen molar-refractivity contribution in [3.05, 3.63) is 54.2 Å². The smallest absolute Gasteiger partial charge is 0.235 e. The van der Waals surface area contributed by atoms with Gasteiger partial charge < -0.3 is 0 Å². The van der Waals surface area contributed by atoms with E-state index in [-0.39, 0.29) is 0 Å². The highest BCUT2D eigenvalue weighted by molar-refractivity contribution is 7.19. The maximum absolute atomic E-state index is 13.3. The van der Waals surface area contributed by atoms with E-state index in [4.69, 9.17) is 0 Å². The number of benzene rings is 1. The molecule has 4 aromatic rings. The van der Waals surface area contributed by atoms with Crippen LogP contribution < -0.4 is 0 Å². The average molecular weight is 315 g/mol. The molecule has 0 saturated carbocycles. The van der Waals surface area contributed by atoms with E-state index in [1.807, 2.05) is 6.07 Å². The Hall–Kier alpha value is -2.74. The first kappa shape index (κ1) is 13.0. The van der Waals surface area contributed by atoms with E-state index >= 15 is 0 Å². The lowest BCUT2D eigenvalue weighted by Crippen LogP contribution is -1.93. The topological polar surface area (TPSA) is 56.0 Å². The zero-order valence-electron chi connectivity index (χ0n) is 10.9. The van der Waals surface area contributed by atoms with Crippen LogP contribution in [0.25, 0.3) is 27.1 Å². The summed E-state index contributed by atoms with van der Waals surface area (Å²) in [5.41, 5.74) is 1.12. The minimum absolute atomic E-state index is 0.487. The third kappa shape index (κ3) is 2.04. The third-order valence-electron chi connectivity index (χ3n) is 3.05. The minimum Gasteiger partial charge on any atom is -0.253 e. The van der Waals surface area contributed by atoms with Crippen molar-refractivity contribution in [2.45, 2.75) is 0 Å². The van der Waals surface area contributed by atoms with Crippen LogP contribution in [0, 0.1) is 11.6 Å². The average Bonchev–Trinajstić information content (AvgIpc) is 3.11. The van der Waals surface area contributed by atoms with Crippen LogP contribution >= 0.6 is 11.3 Å². The number of hydrogen-bond donors (Lipinski definition) is 0. The van der Waals surface area contributed by atoms with Gasteiger partial charge >= 0.3 is 0 Å². The number of aromatic nitrogens is 5. The summed E-state index contributed by atoms with van der Waals surface area (Å²) in [6, 6.07) is 9.10. The van der Waals surface area contributed by atoms with E-state index in [0.29, 0.717) is 27.1 Å². The van der Waals surface area contributed by atoms with Crippen LogP contribution in [0.2, 0.25) is 0 Å². The molecule has 22 heavy (non-hydrogen) atoms. The van der Waals surface area contributed by atoms with Crippen molar-refractivity contribution >= 4 is 16.3 Å². The lowest BCUT2D eigenvalue weighted by Gasteiger charge is -1.97. The molecule has 108 valence electrons. The molecule has 0 aliphatic heterocycles. The summed E-state index contributed by atoms with van der Waals surface area (Å²) in [6.07, 6.45) is 1.65. The molecule has 8 heteroatoms. The number of nitrogens with zero attached hydrogens (tertiary/aromatic N) is 5. The quantitative estimate of drug-likeness (QED) is 0.570. The van der Waals surface area contributed by atoms with Gasteiger partial charge in [0.25, 0.3) is 0 Å². The molecular weight excluding hydrogens is 308 g/mol. The fourth-order valence-corrected chi connectivity index (χ4v) is 2.85. The molecule has 0 N–H and O–H groups in total. The maximum Gasteiger partial charge on any atom is 0.235 e. The first-order valence-corrected chi connectivity index (χ1v) is 7.13. The predicted molar refractivity (Wildman–Crippen MR) is 77.2 cm³/mol. The summed E-state index contributed by atoms with van der Waals surface area (Å²) in [4.78, 5) is 4.77. The van der Waals surface area contributed by atoms with Gasteiger partial charge in [0.1, 0.15) is 10.7 Å². The first-order valence-electron chi connectivity index (χ1n) is 6.31. The number of halogens is 2. The molecule has 0 unspecified atom stereocenters. The monoisotopic (exact) mass is 315 g/mol. The van der Waals surface area contributed by atoms with Gasteiger partial charge in [0.05, 0.1) is 0 Å². The van der Waals surface area contributed by atoms with Crippen molar-refractivity contribution in [3.63, 3.8) is 0 Å². The zero-order valence-corrected chi connectivity index (χ0v) is 11.8. The molecule has 0 radical (unpaired) electrons. The second-order valence-corrected chi connectivity index (χ2v) is 5.43. The Balaban J connectivity index is 1.85. The summed E-state index contributed by atoms with van der Waals surface area (Å²) in [6.45, 7) is 0. The summed E-state index contributed by atoms with van der Waals surface area (Å²) in [5, 5.41) is 13.0. The second kappa shape index (κ2) is 4.92. The molecule has 3 heterocycles. The molecule has 0 bridgehead atoms. The standard InChI is InChI=1S/C14H7F2N5S/c15-9-5-4-8(7-10(9)16)13-20-21-12(18-19-14(21)22-13)11-3-1-2-6-17-11/h1-7H. The molecule has 1 aromatic carbocycles. The Bertz CT molecular complexity index is 964. The summed E-state index contributed by atoms with van der Waals surface area (Å²) >= 11 is 1.24. The highest BCUT2D eigenvalue weighted by Gasteiger charge is 2.15. The van der Waals surface area contributed by atoms with E-state index in [0.717, 1.165) is 12.1 Å². The Morgan fingerprint density at radius 1 is 1.00 bits per heavy atom. The molecule has 0 fully saturated rings. The number of pyridine rings is 1. The molecular formula is C14H7F2N5S. The Kier molecular flexibility index (Phi) is 2.90. The van der Waals surface area contributed by atoms with Gasteiger partial charge in [0.15, 0.2) is 11.6 Å². The van der Waals surface area contributed by atoms with E-state index < -0.39 is 11.6 Å². The Labute approximate surface area is 126 Å². The van der Waals surface area contributed by atoms with E-state index in [9.17, 15) is 8.78 Å². The van der Waals surface area contributed by atoms with Gasteiger partial charge in [0.2, 0.25) is 10.8 Å². The van der Waals surface area contributed by atoms with Gasteiger partial charge in [-0.25, -0.2) is 8.78 Å². The van der Waals surface area contributed by atoms with Crippen LogP contribution in [0.15, 0.2) is 42.6 Å². The Morgan fingerprint density at radius 3 is 2.68 bits per heavy atom. The lowest BCUT2D eigenvalue weighted by molar-refractivity contribution is 0.509. The maximum atomic E-state index is 13.3. The van der Waals surface area contributed by atoms with E-state index in [1.54, 1.807) is 22.8 Å². The highest BCUT2D eigenvalue weighted by atomic mass is 32.1. The molecule has 0 spiro atoms. The SMILES string of the molecule is Fc1ccc(-c2nn3c(-c4ccccn4)nnc3s2)cc1F. The van der Waals surface area contributed by atoms with Gasteiger partial charge in [-0.15, -0.1) is 10.2 Å². The minimum atomic E-state index is -0.909. The summed E-state index contributed by atoms with van der Waals surface area (Å²) < 4.78 is 27.9. The molecule has 0 amide bonds. The molecule has 0 atom stereocenters. The van der Waals surface area contributed by atoms with Crippen molar-refractivity contribution < 1.29 is 8.78 Å². The fourth-order valence-electron chi connectivity index (χ4n) is 2.02. The van der Waals surface area contributed by atoms with Gasteiger partial charge in [-0.3, -0.25) is 4.98 Å². The van der Waals surface area contributed by atoms with Gasteiger partial charge in [0, 0.05) is 11.8 Å². The Morgan fingerprint density at radius 2 is 1.91 bits per heavy atom. The van der Waals surface area contributed by atoms with Gasteiger partial charge in [-0.05, 0) is 30.3 Å². The third-order valence-corrected chi connectivity index (χ3v) is 4.00. The van der Waals surface area contributed by atoms with Crippen LogP contribution in [-0.2, 0) is 0 Å². The van der Waals surface area contributed by atoms with Gasteiger partial charge in [-0.1, -0.05) is 17.4 Å². The summed E-state index contributed by atoms with van der Waals surface area (Å²) in [7, 11) is 0. The fraction of sp³-hybridized carbons (Fsp3) is 0. The van der Waals surface area contributed by atoms with Crippen molar-refractivity contribution in [1.82, 2.24) is 24.8 Å². The van der Waals surface area contributed by atoms with Crippen molar-refractivity contribution in [2.75, 3.05) is 0 Å². The predicted octanol–water partition coefficient (Wildman–Crippen LogP) is 3.19. The van der Waals surface area contributed by atoms with Crippen LogP contribution in [0.5, 0.6) is 0 Å². The van der Waals surface area contributed by atoms with E-state index in [2.05, 4.69) is 20.3 Å². The van der Waals surface area contributed by atoms with Crippen molar-refractivity contribution in [2.24, 2.45) is 0 Å². The number of fused-ring (bicyclic) bond motifs is 1. The van der Waals surface area contributed by atoms with Crippen LogP contribution in [0.4, 0.5) is 8.78 Å². The number of rotatable bonds is 2. The largest absolute Gasteiger partial charge is 0.253 e. The van der Waals surface area contributed by atoms with Crippen molar-refractivity contribution in [3.8, 4) is 22.1 Å². The van der Waals surface area contributed by atoms with E-state index in [1.165, 1.54) is 17.4 Å². The van der Waals surface area contributed by atoms with Crippen LogP contribution in [0.1, 0.15) is 0 Å². The molecule has 4 rings (SSSR count). The lowest BCUT2D eigenvalue weighted by atomic mass is 10.2. The normalized spacial score (nSPS) is 11.2. The van der Waals surface area contributed by atoms with Gasteiger partial charge in [-0.2, -0.15) is 9.61 Å². The van der Waals surface area contributed by atoms with Crippen LogP contribution in [-0.4, -0.2) is 24.8 Å². The zero-order chi connectivity index (χ0) is 15.1. The molecule has 0 aliphatic carbocycles. The molecule has 3 aromatic heterocycles. The first-order chi connectivity index (χ1) is 10.7. The number of hydrogen-bond acceptors (Lipinski definition) is 5. The molecule has 0 saturated heterocycles. The molecule has 5 nitrogen and oxygen atoms in total. The summed E-state index contributed by atoms with van der Waals surface area (Å²) in [5.74, 6) is -1.30. The molecule has 0 aliphatic rings. The second-order valence-electron chi connectivity index (χ2n) is 4.47. The van der Waals surface area contributed by atoms with Crippen molar-refractivity contribution in [1.29, 1.82) is 0 Å².